The predicted octanol–water partition coefficient (Wildman–Crippen LogP) is 1.74. The second-order valence-electron chi connectivity index (χ2n) is 6.77. The third kappa shape index (κ3) is 7.93. The van der Waals surface area contributed by atoms with Crippen molar-refractivity contribution in [2.45, 2.75) is 19.1 Å². The quantitative estimate of drug-likeness (QED) is 0.532. The number of carbonyl (C=O) groups excluding carboxylic acids is 1. The summed E-state index contributed by atoms with van der Waals surface area (Å²) in [4.78, 5) is 10.8. The number of hydrogen-bond donors (Lipinski definition) is 0. The molecule has 1 heterocycles. The van der Waals surface area contributed by atoms with Gasteiger partial charge in [-0.1, -0.05) is 53.2 Å². The third-order valence-corrected chi connectivity index (χ3v) is 4.30. The van der Waals surface area contributed by atoms with Crippen molar-refractivity contribution in [1.82, 2.24) is 0 Å². The molecule has 0 saturated carbocycles. The van der Waals surface area contributed by atoms with Gasteiger partial charge in [-0.3, -0.25) is 0 Å². The number of methoxy groups -OCH3 is 1. The molecule has 6 heteroatoms. The lowest BCUT2D eigenvalue weighted by Crippen LogP contribution is -2.51. The van der Waals surface area contributed by atoms with Crippen LogP contribution in [0.3, 0.4) is 0 Å². The van der Waals surface area contributed by atoms with Crippen LogP contribution in [0, 0.1) is 0 Å². The second-order valence-corrected chi connectivity index (χ2v) is 6.77. The Bertz CT molecular complexity index is 869. The number of aromatic nitrogens is 1. The molecule has 3 aromatic rings. The molecular formula is C24H28N2O4. The van der Waals surface area contributed by atoms with Gasteiger partial charge in [0.2, 0.25) is 0 Å². The van der Waals surface area contributed by atoms with Gasteiger partial charge >= 0.3 is 0 Å². The fourth-order valence-electron chi connectivity index (χ4n) is 2.60. The summed E-state index contributed by atoms with van der Waals surface area (Å²) in [5.41, 5.74) is 1.95. The van der Waals surface area contributed by atoms with Gasteiger partial charge in [0.15, 0.2) is 12.4 Å². The Hall–Kier alpha value is -3.38. The summed E-state index contributed by atoms with van der Waals surface area (Å²) in [7, 11) is 5.36. The molecule has 1 atom stereocenters. The number of rotatable bonds is 8. The molecule has 30 heavy (non-hydrogen) atoms. The van der Waals surface area contributed by atoms with Crippen molar-refractivity contribution in [3.63, 3.8) is 0 Å². The van der Waals surface area contributed by atoms with Gasteiger partial charge in [0, 0.05) is 25.7 Å². The van der Waals surface area contributed by atoms with Crippen LogP contribution in [-0.2, 0) is 22.6 Å². The van der Waals surface area contributed by atoms with Crippen LogP contribution in [0.5, 0.6) is 5.75 Å². The topological polar surface area (TPSA) is 65.7 Å². The molecule has 0 spiro atoms. The van der Waals surface area contributed by atoms with Crippen LogP contribution in [0.4, 0.5) is 0 Å². The lowest BCUT2D eigenvalue weighted by Gasteiger charge is -2.16. The Morgan fingerprint density at radius 1 is 0.933 bits per heavy atom. The molecular weight excluding hydrogens is 380 g/mol. The smallest absolute Gasteiger partial charge is 0.199 e. The van der Waals surface area contributed by atoms with Gasteiger partial charge in [0.1, 0.15) is 18.5 Å². The number of carbonyl (C=O) groups is 1. The van der Waals surface area contributed by atoms with Crippen LogP contribution >= 0.6 is 0 Å². The van der Waals surface area contributed by atoms with E-state index < -0.39 is 12.1 Å². The van der Waals surface area contributed by atoms with E-state index in [0.717, 1.165) is 16.9 Å². The molecule has 2 aromatic carbocycles. The van der Waals surface area contributed by atoms with Crippen molar-refractivity contribution < 1.29 is 24.1 Å². The standard InChI is InChI=1S/C17H18O4.C7H11N2/c1-20-16(17(18)19)11-13-7-9-15(10-8-13)21-12-14-5-3-2-4-6-14;1-8(2)9-6-4-3-5-7-9/h2-10,16H,11-12H2,1H3,(H,18,19);3-7H,1-2H3/q;+1/p-1. The minimum absolute atomic E-state index is 0.276. The van der Waals surface area contributed by atoms with Crippen LogP contribution in [0.15, 0.2) is 85.2 Å². The van der Waals surface area contributed by atoms with Crippen molar-refractivity contribution >= 4 is 5.97 Å². The minimum atomic E-state index is -1.21. The third-order valence-electron chi connectivity index (χ3n) is 4.30. The first-order valence-corrected chi connectivity index (χ1v) is 9.63. The molecule has 0 saturated heterocycles. The van der Waals surface area contributed by atoms with E-state index in [2.05, 4.69) is 0 Å². The van der Waals surface area contributed by atoms with Gasteiger partial charge in [-0.05, 0) is 23.3 Å². The van der Waals surface area contributed by atoms with Crippen molar-refractivity contribution in [3.8, 4) is 5.75 Å². The SMILES string of the molecule is CN(C)[n+]1ccccc1.COC(Cc1ccc(OCc2ccccc2)cc1)C(=O)[O-]. The molecule has 0 amide bonds. The van der Waals surface area contributed by atoms with Crippen LogP contribution in [0.1, 0.15) is 11.1 Å². The largest absolute Gasteiger partial charge is 0.547 e. The van der Waals surface area contributed by atoms with E-state index in [-0.39, 0.29) is 6.42 Å². The Kier molecular flexibility index (Phi) is 9.34. The fourth-order valence-corrected chi connectivity index (χ4v) is 2.60. The van der Waals surface area contributed by atoms with Gasteiger partial charge in [-0.2, -0.15) is 5.01 Å². The molecule has 0 radical (unpaired) electrons. The number of pyridine rings is 1. The van der Waals surface area contributed by atoms with Gasteiger partial charge < -0.3 is 19.4 Å². The molecule has 0 N–H and O–H groups in total. The maximum absolute atomic E-state index is 10.8. The first-order chi connectivity index (χ1) is 14.5. The molecule has 1 unspecified atom stereocenters. The van der Waals surface area contributed by atoms with E-state index in [4.69, 9.17) is 9.47 Å². The molecule has 6 nitrogen and oxygen atoms in total. The van der Waals surface area contributed by atoms with Crippen molar-refractivity contribution in [1.29, 1.82) is 0 Å². The van der Waals surface area contributed by atoms with Gasteiger partial charge in [0.25, 0.3) is 0 Å². The van der Waals surface area contributed by atoms with Crippen LogP contribution in [0.25, 0.3) is 0 Å². The summed E-state index contributed by atoms with van der Waals surface area (Å²) in [6.45, 7) is 0.500. The van der Waals surface area contributed by atoms with Gasteiger partial charge in [-0.15, -0.1) is 0 Å². The predicted molar refractivity (Wildman–Crippen MR) is 113 cm³/mol. The van der Waals surface area contributed by atoms with Crippen molar-refractivity contribution in [2.75, 3.05) is 26.2 Å². The summed E-state index contributed by atoms with van der Waals surface area (Å²) >= 11 is 0. The highest BCUT2D eigenvalue weighted by atomic mass is 16.5. The number of nitrogens with zero attached hydrogens (tertiary/aromatic N) is 2. The lowest BCUT2D eigenvalue weighted by molar-refractivity contribution is -0.687. The lowest BCUT2D eigenvalue weighted by atomic mass is 10.1. The van der Waals surface area contributed by atoms with E-state index in [1.165, 1.54) is 7.11 Å². The fraction of sp³-hybridized carbons (Fsp3) is 0.250. The minimum Gasteiger partial charge on any atom is -0.547 e. The molecule has 3 rings (SSSR count). The first kappa shape index (κ1) is 22.9. The summed E-state index contributed by atoms with van der Waals surface area (Å²) in [5, 5.41) is 12.8. The Labute approximate surface area is 177 Å². The second kappa shape index (κ2) is 12.2. The highest BCUT2D eigenvalue weighted by molar-refractivity contribution is 5.70. The van der Waals surface area contributed by atoms with Crippen LogP contribution in [-0.4, -0.2) is 33.3 Å². The number of benzene rings is 2. The Balaban J connectivity index is 0.000000297. The normalized spacial score (nSPS) is 11.0. The zero-order chi connectivity index (χ0) is 21.8. The molecule has 1 aromatic heterocycles. The highest BCUT2D eigenvalue weighted by Crippen LogP contribution is 2.15. The summed E-state index contributed by atoms with van der Waals surface area (Å²) < 4.78 is 12.5. The number of carboxylic acids is 1. The summed E-state index contributed by atoms with van der Waals surface area (Å²) in [5.74, 6) is -0.466. The van der Waals surface area contributed by atoms with Gasteiger partial charge in [-0.25, -0.2) is 0 Å². The summed E-state index contributed by atoms with van der Waals surface area (Å²) in [6.07, 6.45) is 3.35. The van der Waals surface area contributed by atoms with E-state index >= 15 is 0 Å². The number of ether oxygens (including phenoxy) is 2. The zero-order valence-corrected chi connectivity index (χ0v) is 17.6. The molecule has 158 valence electrons. The van der Waals surface area contributed by atoms with Crippen LogP contribution < -0.4 is 19.5 Å². The zero-order valence-electron chi connectivity index (χ0n) is 17.6. The van der Waals surface area contributed by atoms with E-state index in [1.807, 2.05) is 109 Å². The highest BCUT2D eigenvalue weighted by Gasteiger charge is 2.09. The van der Waals surface area contributed by atoms with E-state index in [1.54, 1.807) is 0 Å². The maximum Gasteiger partial charge on any atom is 0.199 e. The Morgan fingerprint density at radius 2 is 1.53 bits per heavy atom. The van der Waals surface area contributed by atoms with Crippen LogP contribution in [0.2, 0.25) is 0 Å². The average Bonchev–Trinajstić information content (AvgIpc) is 2.78. The van der Waals surface area contributed by atoms with E-state index in [9.17, 15) is 9.90 Å². The summed E-state index contributed by atoms with van der Waals surface area (Å²) in [6, 6.07) is 23.2. The molecule has 0 fully saturated rings. The number of carboxylic acid groups (broad SMARTS) is 1. The van der Waals surface area contributed by atoms with Crippen molar-refractivity contribution in [2.24, 2.45) is 0 Å². The number of aliphatic carboxylic acids is 1. The average molecular weight is 408 g/mol. The van der Waals surface area contributed by atoms with Gasteiger partial charge in [0.05, 0.1) is 20.1 Å². The Morgan fingerprint density at radius 3 is 2.03 bits per heavy atom. The first-order valence-electron chi connectivity index (χ1n) is 9.63. The molecule has 0 bridgehead atoms. The molecule has 0 aliphatic heterocycles. The molecule has 0 aliphatic rings. The monoisotopic (exact) mass is 408 g/mol. The van der Waals surface area contributed by atoms with E-state index in [0.29, 0.717) is 6.61 Å². The van der Waals surface area contributed by atoms with Crippen molar-refractivity contribution in [3.05, 3.63) is 96.3 Å². The maximum atomic E-state index is 10.8. The molecule has 0 aliphatic carbocycles. The number of hydrogen-bond acceptors (Lipinski definition) is 5.